The van der Waals surface area contributed by atoms with Gasteiger partial charge in [-0.05, 0) is 42.0 Å². The maximum Gasteiger partial charge on any atom is 0.0479 e. The quantitative estimate of drug-likeness (QED) is 0.337. The number of aryl methyl sites for hydroxylation is 3. The third kappa shape index (κ3) is 4.99. The molecule has 25 heavy (non-hydrogen) atoms. The number of hydrogen-bond acceptors (Lipinski definition) is 0. The van der Waals surface area contributed by atoms with Crippen LogP contribution in [0.3, 0.4) is 0 Å². The molecule has 0 saturated carbocycles. The molecule has 0 aliphatic rings. The summed E-state index contributed by atoms with van der Waals surface area (Å²) in [6.07, 6.45) is 2.07. The summed E-state index contributed by atoms with van der Waals surface area (Å²) in [5.41, 5.74) is 3.92. The lowest BCUT2D eigenvalue weighted by atomic mass is 10.2. The van der Waals surface area contributed by atoms with Crippen molar-refractivity contribution in [1.29, 1.82) is 0 Å². The molecule has 2 aromatic carbocycles. The van der Waals surface area contributed by atoms with E-state index in [1.54, 1.807) is 0 Å². The number of para-hydroxylation sites is 2. The zero-order valence-corrected chi connectivity index (χ0v) is 16.7. The van der Waals surface area contributed by atoms with Crippen LogP contribution in [0.5, 0.6) is 0 Å². The Kier molecular flexibility index (Phi) is 8.55. The molecule has 2 aromatic heterocycles. The molecule has 4 rings (SSSR count). The van der Waals surface area contributed by atoms with Gasteiger partial charge in [-0.3, -0.25) is 0 Å². The average Bonchev–Trinajstić information content (AvgIpc) is 3.20. The Morgan fingerprint density at radius 1 is 0.640 bits per heavy atom. The molecule has 0 bridgehead atoms. The predicted octanol–water partition coefficient (Wildman–Crippen LogP) is 6.72. The maximum absolute atomic E-state index is 2.20. The van der Waals surface area contributed by atoms with Gasteiger partial charge in [0.2, 0.25) is 0 Å². The second-order valence-electron chi connectivity index (χ2n) is 5.39. The molecule has 0 N–H and O–H groups in total. The number of fused-ring (bicyclic) bond motifs is 2. The molecule has 0 saturated heterocycles. The van der Waals surface area contributed by atoms with Crippen molar-refractivity contribution in [3.8, 4) is 0 Å². The zero-order chi connectivity index (χ0) is 18.8. The molecule has 0 atom stereocenters. The molecule has 0 radical (unpaired) electrons. The summed E-state index contributed by atoms with van der Waals surface area (Å²) < 4.78 is 4.32. The number of aromatic nitrogens is 2. The second-order valence-corrected chi connectivity index (χ2v) is 5.39. The highest BCUT2D eigenvalue weighted by Gasteiger charge is 1.98. The van der Waals surface area contributed by atoms with Crippen molar-refractivity contribution in [2.75, 3.05) is 0 Å². The van der Waals surface area contributed by atoms with Crippen LogP contribution in [-0.4, -0.2) is 9.13 Å². The maximum atomic E-state index is 2.20. The fraction of sp³-hybridized carbons (Fsp3) is 0.304. The summed E-state index contributed by atoms with van der Waals surface area (Å²) in [7, 11) is 4.15. The fourth-order valence-corrected chi connectivity index (χ4v) is 2.65. The lowest BCUT2D eigenvalue weighted by molar-refractivity contribution is 0.918. The first-order valence-electron chi connectivity index (χ1n) is 9.18. The van der Waals surface area contributed by atoms with Crippen molar-refractivity contribution < 1.29 is 0 Å². The van der Waals surface area contributed by atoms with Crippen molar-refractivity contribution in [2.24, 2.45) is 14.1 Å². The van der Waals surface area contributed by atoms with E-state index < -0.39 is 0 Å². The van der Waals surface area contributed by atoms with Gasteiger partial charge in [0, 0.05) is 37.0 Å². The van der Waals surface area contributed by atoms with E-state index in [-0.39, 0.29) is 0 Å². The van der Waals surface area contributed by atoms with Crippen molar-refractivity contribution in [1.82, 2.24) is 9.13 Å². The van der Waals surface area contributed by atoms with Crippen LogP contribution >= 0.6 is 0 Å². The highest BCUT2D eigenvalue weighted by atomic mass is 14.9. The van der Waals surface area contributed by atoms with Gasteiger partial charge in [0.15, 0.2) is 0 Å². The van der Waals surface area contributed by atoms with Gasteiger partial charge in [0.25, 0.3) is 0 Å². The number of hydrogen-bond donors (Lipinski definition) is 0. The van der Waals surface area contributed by atoms with Gasteiger partial charge >= 0.3 is 0 Å². The third-order valence-corrected chi connectivity index (χ3v) is 3.99. The molecule has 0 unspecified atom stereocenters. The number of benzene rings is 2. The fourth-order valence-electron chi connectivity index (χ4n) is 2.65. The van der Waals surface area contributed by atoms with Gasteiger partial charge in [-0.15, -0.1) is 0 Å². The van der Waals surface area contributed by atoms with E-state index >= 15 is 0 Å². The lowest BCUT2D eigenvalue weighted by Gasteiger charge is -1.96. The minimum atomic E-state index is 1.29. The minimum absolute atomic E-state index is 1.29. The molecule has 0 amide bonds. The van der Waals surface area contributed by atoms with Crippen molar-refractivity contribution in [3.05, 3.63) is 72.6 Å². The first-order chi connectivity index (χ1) is 12.2. The van der Waals surface area contributed by atoms with Gasteiger partial charge in [0.1, 0.15) is 0 Å². The van der Waals surface area contributed by atoms with Crippen LogP contribution in [0.25, 0.3) is 21.8 Å². The van der Waals surface area contributed by atoms with Crippen molar-refractivity contribution >= 4 is 21.8 Å². The van der Waals surface area contributed by atoms with Crippen LogP contribution in [0.2, 0.25) is 0 Å². The van der Waals surface area contributed by atoms with E-state index in [9.17, 15) is 0 Å². The highest BCUT2D eigenvalue weighted by molar-refractivity contribution is 5.81. The van der Waals surface area contributed by atoms with E-state index in [0.29, 0.717) is 0 Å². The van der Waals surface area contributed by atoms with Gasteiger partial charge in [-0.1, -0.05) is 64.1 Å². The average molecular weight is 337 g/mol. The third-order valence-electron chi connectivity index (χ3n) is 3.99. The van der Waals surface area contributed by atoms with E-state index in [1.165, 1.54) is 27.5 Å². The van der Waals surface area contributed by atoms with Gasteiger partial charge in [0.05, 0.1) is 0 Å². The second kappa shape index (κ2) is 10.4. The molecule has 2 heteroatoms. The van der Waals surface area contributed by atoms with Gasteiger partial charge < -0.3 is 9.13 Å². The Morgan fingerprint density at radius 2 is 1.16 bits per heavy atom. The molecule has 4 aromatic rings. The van der Waals surface area contributed by atoms with Crippen LogP contribution < -0.4 is 0 Å². The van der Waals surface area contributed by atoms with Crippen LogP contribution in [-0.2, 0) is 14.1 Å². The molecule has 0 aliphatic heterocycles. The summed E-state index contributed by atoms with van der Waals surface area (Å²) in [6.45, 7) is 10.1. The van der Waals surface area contributed by atoms with Gasteiger partial charge in [-0.25, -0.2) is 0 Å². The molecule has 134 valence electrons. The van der Waals surface area contributed by atoms with Crippen LogP contribution in [0.4, 0.5) is 0 Å². The SMILES string of the molecule is CC.CC.Cc1cc2ccccc2n1C.Cn1ccc2ccccc21. The first-order valence-corrected chi connectivity index (χ1v) is 9.18. The molecule has 0 aliphatic carbocycles. The molecule has 0 spiro atoms. The Balaban J connectivity index is 0.000000210. The molecule has 2 nitrogen and oxygen atoms in total. The molecular formula is C23H32N2. The largest absolute Gasteiger partial charge is 0.351 e. The molecular weight excluding hydrogens is 304 g/mol. The zero-order valence-electron chi connectivity index (χ0n) is 16.7. The Labute approximate surface area is 152 Å². The predicted molar refractivity (Wildman–Crippen MR) is 113 cm³/mol. The van der Waals surface area contributed by atoms with Crippen LogP contribution in [0, 0.1) is 6.92 Å². The van der Waals surface area contributed by atoms with E-state index in [0.717, 1.165) is 0 Å². The summed E-state index contributed by atoms with van der Waals surface area (Å²) in [5.74, 6) is 0. The van der Waals surface area contributed by atoms with Crippen LogP contribution in [0.15, 0.2) is 66.9 Å². The number of rotatable bonds is 0. The highest BCUT2D eigenvalue weighted by Crippen LogP contribution is 2.16. The minimum Gasteiger partial charge on any atom is -0.351 e. The lowest BCUT2D eigenvalue weighted by Crippen LogP contribution is -1.88. The Bertz CT molecular complexity index is 881. The summed E-state index contributed by atoms with van der Waals surface area (Å²) >= 11 is 0. The van der Waals surface area contributed by atoms with Gasteiger partial charge in [-0.2, -0.15) is 0 Å². The van der Waals surface area contributed by atoms with Crippen LogP contribution in [0.1, 0.15) is 33.4 Å². The topological polar surface area (TPSA) is 9.86 Å². The first kappa shape index (κ1) is 20.6. The van der Waals surface area contributed by atoms with E-state index in [4.69, 9.17) is 0 Å². The monoisotopic (exact) mass is 336 g/mol. The Hall–Kier alpha value is -2.48. The normalized spacial score (nSPS) is 9.40. The number of nitrogens with zero attached hydrogens (tertiary/aromatic N) is 2. The molecule has 0 fully saturated rings. The standard InChI is InChI=1S/C10H11N.C9H9N.2C2H6/c1-8-7-9-5-3-4-6-10(9)11(8)2;1-10-7-6-8-4-2-3-5-9(8)10;2*1-2/h3-7H,1-2H3;2-7H,1H3;2*1-2H3. The van der Waals surface area contributed by atoms with E-state index in [2.05, 4.69) is 97.0 Å². The molecule has 2 heterocycles. The Morgan fingerprint density at radius 3 is 1.72 bits per heavy atom. The van der Waals surface area contributed by atoms with Crippen molar-refractivity contribution in [3.63, 3.8) is 0 Å². The summed E-state index contributed by atoms with van der Waals surface area (Å²) in [4.78, 5) is 0. The smallest absolute Gasteiger partial charge is 0.0479 e. The summed E-state index contributed by atoms with van der Waals surface area (Å²) in [6, 6.07) is 21.1. The van der Waals surface area contributed by atoms with E-state index in [1.807, 2.05) is 27.7 Å². The summed E-state index contributed by atoms with van der Waals surface area (Å²) in [5, 5.41) is 2.64. The van der Waals surface area contributed by atoms with Crippen molar-refractivity contribution in [2.45, 2.75) is 34.6 Å².